The maximum absolute atomic E-state index is 14.6. The Balaban J connectivity index is 1.53. The molecule has 11 atom stereocenters. The van der Waals surface area contributed by atoms with Gasteiger partial charge in [0.25, 0.3) is 0 Å². The summed E-state index contributed by atoms with van der Waals surface area (Å²) in [5.41, 5.74) is -8.43. The lowest BCUT2D eigenvalue weighted by Crippen LogP contribution is -2.77. The van der Waals surface area contributed by atoms with Crippen LogP contribution in [-0.2, 0) is 33.4 Å². The first-order valence-electron chi connectivity index (χ1n) is 13.1. The fraction of sp³-hybridized carbons (Fsp3) is 0.643. The Bertz CT molecular complexity index is 1350. The Morgan fingerprint density at radius 2 is 1.82 bits per heavy atom. The lowest BCUT2D eigenvalue weighted by atomic mass is 9.47. The number of hydrogen-bond acceptors (Lipinski definition) is 10. The van der Waals surface area contributed by atoms with Gasteiger partial charge in [0, 0.05) is 17.4 Å². The van der Waals surface area contributed by atoms with E-state index in [1.165, 1.54) is 13.0 Å². The molecule has 0 amide bonds. The van der Waals surface area contributed by atoms with E-state index in [-0.39, 0.29) is 37.0 Å². The molecule has 10 nitrogen and oxygen atoms in total. The summed E-state index contributed by atoms with van der Waals surface area (Å²) in [4.78, 5) is 54.4. The van der Waals surface area contributed by atoms with Crippen molar-refractivity contribution in [3.05, 3.63) is 36.0 Å². The van der Waals surface area contributed by atoms with Crippen molar-refractivity contribution in [1.29, 1.82) is 0 Å². The lowest BCUT2D eigenvalue weighted by molar-refractivity contribution is -0.344. The van der Waals surface area contributed by atoms with E-state index in [2.05, 4.69) is 6.58 Å². The zero-order valence-electron chi connectivity index (χ0n) is 21.4. The third-order valence-electron chi connectivity index (χ3n) is 11.3. The highest BCUT2D eigenvalue weighted by atomic mass is 16.7. The van der Waals surface area contributed by atoms with Crippen molar-refractivity contribution >= 4 is 23.5 Å². The molecular formula is C28H30O10. The summed E-state index contributed by atoms with van der Waals surface area (Å²) in [5, 5.41) is 36.0. The highest BCUT2D eigenvalue weighted by molar-refractivity contribution is 6.01. The minimum absolute atomic E-state index is 0.00631. The molecule has 1 saturated carbocycles. The van der Waals surface area contributed by atoms with Crippen LogP contribution in [0.2, 0.25) is 0 Å². The van der Waals surface area contributed by atoms with Gasteiger partial charge in [0.2, 0.25) is 5.79 Å². The van der Waals surface area contributed by atoms with Crippen LogP contribution in [0.15, 0.2) is 36.0 Å². The van der Waals surface area contributed by atoms with E-state index >= 15 is 0 Å². The van der Waals surface area contributed by atoms with Crippen LogP contribution in [0.25, 0.3) is 0 Å². The molecule has 4 bridgehead atoms. The summed E-state index contributed by atoms with van der Waals surface area (Å²) < 4.78 is 17.8. The molecule has 3 aliphatic carbocycles. The number of allylic oxidation sites excluding steroid dienone is 3. The van der Waals surface area contributed by atoms with Crippen LogP contribution in [0, 0.1) is 28.6 Å². The molecule has 4 aliphatic heterocycles. The van der Waals surface area contributed by atoms with Gasteiger partial charge in [0.1, 0.15) is 11.9 Å². The summed E-state index contributed by atoms with van der Waals surface area (Å²) >= 11 is 0. The molecule has 10 heteroatoms. The van der Waals surface area contributed by atoms with Crippen molar-refractivity contribution in [3.63, 3.8) is 0 Å². The maximum Gasteiger partial charge on any atom is 0.342 e. The molecule has 38 heavy (non-hydrogen) atoms. The average Bonchev–Trinajstić information content (AvgIpc) is 3.19. The molecule has 7 rings (SSSR count). The monoisotopic (exact) mass is 526 g/mol. The van der Waals surface area contributed by atoms with Crippen LogP contribution in [0.5, 0.6) is 0 Å². The first-order valence-corrected chi connectivity index (χ1v) is 13.1. The molecule has 4 heterocycles. The summed E-state index contributed by atoms with van der Waals surface area (Å²) in [7, 11) is 0. The fourth-order valence-electron chi connectivity index (χ4n) is 9.23. The Hall–Kier alpha value is -2.66. The van der Waals surface area contributed by atoms with Crippen molar-refractivity contribution < 1.29 is 48.7 Å². The third kappa shape index (κ3) is 2.15. The van der Waals surface area contributed by atoms with E-state index < -0.39 is 81.1 Å². The minimum Gasteiger partial charge on any atom is -0.455 e. The van der Waals surface area contributed by atoms with Gasteiger partial charge in [-0.2, -0.15) is 0 Å². The molecule has 4 saturated heterocycles. The van der Waals surface area contributed by atoms with E-state index in [0.29, 0.717) is 5.57 Å². The van der Waals surface area contributed by atoms with Gasteiger partial charge in [0.15, 0.2) is 22.6 Å². The number of carbonyl (C=O) groups is 4. The van der Waals surface area contributed by atoms with Crippen LogP contribution in [0.3, 0.4) is 0 Å². The van der Waals surface area contributed by atoms with Gasteiger partial charge < -0.3 is 29.5 Å². The van der Waals surface area contributed by atoms with E-state index in [1.54, 1.807) is 26.0 Å². The standard InChI is InChI=1S/C28H30O10/c1-12-21(32)36-17-11-23(12,2)19-20(31)27(35)18-14(24(3)13(10-15(18)29)6-5-7-16(24)30)8-9-26(34)22(33)37-25(17,4)28(19,26)38-27/h5-6,10,14-15,17-19,29,34-35H,1,7-9,11H2,2-4H3/t14-,15+,17+,18-,19-,23+,24-,25-,26-,27+,28-/m0/s1. The number of Topliss-reactive ketones (excluding diaryl/α,β-unsaturated/α-hetero) is 2. The number of ether oxygens (including phenoxy) is 3. The Labute approximate surface area is 218 Å². The van der Waals surface area contributed by atoms with E-state index in [4.69, 9.17) is 14.2 Å². The van der Waals surface area contributed by atoms with Gasteiger partial charge in [-0.1, -0.05) is 31.7 Å². The summed E-state index contributed by atoms with van der Waals surface area (Å²) in [6, 6.07) is 0. The first kappa shape index (κ1) is 24.4. The predicted molar refractivity (Wildman–Crippen MR) is 126 cm³/mol. The van der Waals surface area contributed by atoms with Crippen molar-refractivity contribution in [2.75, 3.05) is 0 Å². The van der Waals surface area contributed by atoms with E-state index in [9.17, 15) is 34.5 Å². The fourth-order valence-corrected chi connectivity index (χ4v) is 9.23. The van der Waals surface area contributed by atoms with Crippen molar-refractivity contribution in [3.8, 4) is 0 Å². The van der Waals surface area contributed by atoms with Gasteiger partial charge in [0.05, 0.1) is 23.4 Å². The predicted octanol–water partition coefficient (Wildman–Crippen LogP) is 0.430. The quantitative estimate of drug-likeness (QED) is 0.299. The second kappa shape index (κ2) is 6.55. The maximum atomic E-state index is 14.6. The van der Waals surface area contributed by atoms with Crippen LogP contribution in [-0.4, -0.2) is 73.6 Å². The second-order valence-electron chi connectivity index (χ2n) is 12.7. The molecule has 7 aliphatic rings. The van der Waals surface area contributed by atoms with Gasteiger partial charge >= 0.3 is 11.9 Å². The van der Waals surface area contributed by atoms with Gasteiger partial charge in [-0.15, -0.1) is 0 Å². The topological polar surface area (TPSA) is 157 Å². The largest absolute Gasteiger partial charge is 0.455 e. The van der Waals surface area contributed by atoms with Crippen molar-refractivity contribution in [1.82, 2.24) is 0 Å². The zero-order valence-corrected chi connectivity index (χ0v) is 21.4. The SMILES string of the molecule is C=C1C(=O)O[C@@H]2C[C@@]1(C)[C@@H]1C(=O)[C@]3(O)O[C@]14[C@@]2(C)OC(=O)[C@@]4(O)CC[C@H]1[C@H]3[C@H](O)C=C2C=CCC(=O)[C@@]21C. The molecule has 0 aromatic rings. The Kier molecular flexibility index (Phi) is 4.20. The highest BCUT2D eigenvalue weighted by Gasteiger charge is 2.92. The number of ketones is 2. The first-order chi connectivity index (χ1) is 17.6. The molecule has 0 radical (unpaired) electrons. The molecule has 0 aromatic carbocycles. The zero-order chi connectivity index (χ0) is 27.4. The Morgan fingerprint density at radius 1 is 1.11 bits per heavy atom. The number of aliphatic hydroxyl groups excluding tert-OH is 1. The number of hydrogen-bond donors (Lipinski definition) is 3. The minimum atomic E-state index is -2.71. The molecule has 0 aromatic heterocycles. The molecular weight excluding hydrogens is 496 g/mol. The van der Waals surface area contributed by atoms with E-state index in [1.807, 2.05) is 0 Å². The molecule has 5 fully saturated rings. The van der Waals surface area contributed by atoms with Crippen LogP contribution in [0.4, 0.5) is 0 Å². The van der Waals surface area contributed by atoms with Gasteiger partial charge in [-0.3, -0.25) is 9.59 Å². The van der Waals surface area contributed by atoms with Crippen LogP contribution >= 0.6 is 0 Å². The number of aliphatic hydroxyl groups is 3. The average molecular weight is 527 g/mol. The molecule has 202 valence electrons. The summed E-state index contributed by atoms with van der Waals surface area (Å²) in [6.45, 7) is 8.65. The number of esters is 2. The highest BCUT2D eigenvalue weighted by Crippen LogP contribution is 2.73. The summed E-state index contributed by atoms with van der Waals surface area (Å²) in [5.74, 6) is -9.17. The third-order valence-corrected chi connectivity index (χ3v) is 11.3. The number of fused-ring (bicyclic) bond motifs is 9. The smallest absolute Gasteiger partial charge is 0.342 e. The van der Waals surface area contributed by atoms with Gasteiger partial charge in [-0.05, 0) is 44.6 Å². The van der Waals surface area contributed by atoms with Crippen LogP contribution in [0.1, 0.15) is 46.5 Å². The lowest BCUT2D eigenvalue weighted by Gasteiger charge is -2.60. The molecule has 3 N–H and O–H groups in total. The summed E-state index contributed by atoms with van der Waals surface area (Å²) in [6.07, 6.45) is 2.35. The number of carbonyl (C=O) groups excluding carboxylic acids is 4. The normalized spacial score (nSPS) is 56.2. The van der Waals surface area contributed by atoms with Crippen molar-refractivity contribution in [2.24, 2.45) is 28.6 Å². The van der Waals surface area contributed by atoms with Crippen molar-refractivity contribution in [2.45, 2.75) is 81.3 Å². The number of rotatable bonds is 0. The van der Waals surface area contributed by atoms with E-state index in [0.717, 1.165) is 0 Å². The van der Waals surface area contributed by atoms with Gasteiger partial charge in [-0.25, -0.2) is 9.59 Å². The second-order valence-corrected chi connectivity index (χ2v) is 12.7. The van der Waals surface area contributed by atoms with Crippen LogP contribution < -0.4 is 0 Å². The molecule has 1 spiro atoms. The Morgan fingerprint density at radius 3 is 2.53 bits per heavy atom. The molecule has 0 unspecified atom stereocenters.